The molecule has 0 unspecified atom stereocenters. The Kier molecular flexibility index (Phi) is 7.34. The fraction of sp³-hybridized carbons (Fsp3) is 0.400. The average Bonchev–Trinajstić information content (AvgIpc) is 2.55. The fourth-order valence-electron chi connectivity index (χ4n) is 1.65. The molecule has 0 saturated heterocycles. The van der Waals surface area contributed by atoms with E-state index in [1.165, 1.54) is 14.0 Å². The van der Waals surface area contributed by atoms with E-state index in [1.54, 1.807) is 24.3 Å². The predicted molar refractivity (Wildman–Crippen MR) is 82.1 cm³/mol. The monoisotopic (exact) mass is 343 g/mol. The molecular formula is C15H18ClNO6. The molecule has 1 N–H and O–H groups in total. The van der Waals surface area contributed by atoms with E-state index in [2.05, 4.69) is 14.8 Å². The molecule has 0 heterocycles. The summed E-state index contributed by atoms with van der Waals surface area (Å²) in [5, 5.41) is 2.94. The van der Waals surface area contributed by atoms with Crippen LogP contribution in [0.5, 0.6) is 5.75 Å². The van der Waals surface area contributed by atoms with Gasteiger partial charge in [0.25, 0.3) is 5.91 Å². The van der Waals surface area contributed by atoms with Gasteiger partial charge in [0, 0.05) is 5.02 Å². The molecule has 0 aliphatic rings. The molecule has 0 aromatic heterocycles. The highest BCUT2D eigenvalue weighted by molar-refractivity contribution is 6.30. The van der Waals surface area contributed by atoms with Gasteiger partial charge in [-0.15, -0.1) is 0 Å². The van der Waals surface area contributed by atoms with Gasteiger partial charge in [-0.2, -0.15) is 0 Å². The molecule has 0 aliphatic carbocycles. The molecule has 0 aliphatic heterocycles. The predicted octanol–water partition coefficient (Wildman–Crippen LogP) is 1.33. The second kappa shape index (κ2) is 8.99. The largest absolute Gasteiger partial charge is 0.481 e. The highest BCUT2D eigenvalue weighted by Gasteiger charge is 2.27. The van der Waals surface area contributed by atoms with Gasteiger partial charge in [0.2, 0.25) is 0 Å². The van der Waals surface area contributed by atoms with Crippen molar-refractivity contribution in [3.63, 3.8) is 0 Å². The number of amides is 1. The summed E-state index contributed by atoms with van der Waals surface area (Å²) in [6.07, 6.45) is -1.22. The first-order valence-corrected chi connectivity index (χ1v) is 7.12. The van der Waals surface area contributed by atoms with Crippen molar-refractivity contribution in [2.75, 3.05) is 14.2 Å². The Morgan fingerprint density at radius 1 is 1.13 bits per heavy atom. The third-order valence-electron chi connectivity index (χ3n) is 2.90. The van der Waals surface area contributed by atoms with Crippen molar-refractivity contribution in [1.29, 1.82) is 0 Å². The van der Waals surface area contributed by atoms with Gasteiger partial charge < -0.3 is 19.5 Å². The SMILES string of the molecule is COC(=O)C[C@@H](NC(=O)[C@@H](C)Oc1ccc(Cl)cc1)C(=O)OC. The molecule has 2 atom stereocenters. The lowest BCUT2D eigenvalue weighted by molar-refractivity contribution is -0.151. The molecule has 1 amide bonds. The lowest BCUT2D eigenvalue weighted by Gasteiger charge is -2.19. The number of rotatable bonds is 7. The second-order valence-corrected chi connectivity index (χ2v) is 5.02. The Hall–Kier alpha value is -2.28. The molecule has 0 fully saturated rings. The van der Waals surface area contributed by atoms with E-state index in [1.807, 2.05) is 0 Å². The maximum Gasteiger partial charge on any atom is 0.328 e. The molecule has 23 heavy (non-hydrogen) atoms. The van der Waals surface area contributed by atoms with E-state index >= 15 is 0 Å². The standard InChI is InChI=1S/C15H18ClNO6/c1-9(23-11-6-4-10(16)5-7-11)14(19)17-12(15(20)22-3)8-13(18)21-2/h4-7,9,12H,8H2,1-3H3,(H,17,19)/t9-,12-/m1/s1. The zero-order valence-corrected chi connectivity index (χ0v) is 13.8. The maximum absolute atomic E-state index is 12.1. The lowest BCUT2D eigenvalue weighted by atomic mass is 10.2. The first-order valence-electron chi connectivity index (χ1n) is 6.74. The van der Waals surface area contributed by atoms with Crippen LogP contribution < -0.4 is 10.1 Å². The number of esters is 2. The Morgan fingerprint density at radius 3 is 2.26 bits per heavy atom. The summed E-state index contributed by atoms with van der Waals surface area (Å²) in [6, 6.07) is 5.32. The van der Waals surface area contributed by atoms with Crippen LogP contribution in [0.15, 0.2) is 24.3 Å². The quantitative estimate of drug-likeness (QED) is 0.751. The molecule has 0 bridgehead atoms. The maximum atomic E-state index is 12.1. The van der Waals surface area contributed by atoms with E-state index < -0.39 is 30.0 Å². The minimum Gasteiger partial charge on any atom is -0.481 e. The summed E-state index contributed by atoms with van der Waals surface area (Å²) in [5.74, 6) is -1.52. The topological polar surface area (TPSA) is 90.9 Å². The Bertz CT molecular complexity index is 560. The van der Waals surface area contributed by atoms with Crippen LogP contribution >= 0.6 is 11.6 Å². The number of carbonyl (C=O) groups excluding carboxylic acids is 3. The number of nitrogens with one attached hydrogen (secondary N) is 1. The molecule has 126 valence electrons. The van der Waals surface area contributed by atoms with Crippen LogP contribution in [0.2, 0.25) is 5.02 Å². The van der Waals surface area contributed by atoms with Gasteiger partial charge >= 0.3 is 11.9 Å². The Labute approximate surface area is 138 Å². The van der Waals surface area contributed by atoms with Gasteiger partial charge in [0.1, 0.15) is 11.8 Å². The van der Waals surface area contributed by atoms with Gasteiger partial charge in [-0.3, -0.25) is 9.59 Å². The normalized spacial score (nSPS) is 12.7. The van der Waals surface area contributed by atoms with Gasteiger partial charge in [0.15, 0.2) is 6.10 Å². The van der Waals surface area contributed by atoms with Gasteiger partial charge in [0.05, 0.1) is 20.6 Å². The average molecular weight is 344 g/mol. The first kappa shape index (κ1) is 18.8. The van der Waals surface area contributed by atoms with Crippen molar-refractivity contribution in [2.45, 2.75) is 25.5 Å². The number of ether oxygens (including phenoxy) is 3. The molecule has 0 radical (unpaired) electrons. The van der Waals surface area contributed by atoms with Crippen molar-refractivity contribution in [3.8, 4) is 5.75 Å². The van der Waals surface area contributed by atoms with Crippen LogP contribution in [-0.4, -0.2) is 44.2 Å². The third-order valence-corrected chi connectivity index (χ3v) is 3.15. The zero-order chi connectivity index (χ0) is 17.4. The van der Waals surface area contributed by atoms with Gasteiger partial charge in [-0.25, -0.2) is 4.79 Å². The number of benzene rings is 1. The number of hydrogen-bond acceptors (Lipinski definition) is 6. The number of halogens is 1. The van der Waals surface area contributed by atoms with Crippen molar-refractivity contribution < 1.29 is 28.6 Å². The molecule has 1 rings (SSSR count). The van der Waals surface area contributed by atoms with Crippen LogP contribution in [0.4, 0.5) is 0 Å². The van der Waals surface area contributed by atoms with E-state index in [0.717, 1.165) is 7.11 Å². The molecule has 7 nitrogen and oxygen atoms in total. The van der Waals surface area contributed by atoms with Crippen molar-refractivity contribution in [3.05, 3.63) is 29.3 Å². The van der Waals surface area contributed by atoms with E-state index in [9.17, 15) is 14.4 Å². The highest BCUT2D eigenvalue weighted by atomic mass is 35.5. The van der Waals surface area contributed by atoms with E-state index in [-0.39, 0.29) is 6.42 Å². The van der Waals surface area contributed by atoms with Crippen molar-refractivity contribution in [1.82, 2.24) is 5.32 Å². The minimum absolute atomic E-state index is 0.331. The van der Waals surface area contributed by atoms with Gasteiger partial charge in [-0.05, 0) is 31.2 Å². The van der Waals surface area contributed by atoms with Crippen molar-refractivity contribution in [2.24, 2.45) is 0 Å². The van der Waals surface area contributed by atoms with Crippen LogP contribution in [0.1, 0.15) is 13.3 Å². The second-order valence-electron chi connectivity index (χ2n) is 4.58. The highest BCUT2D eigenvalue weighted by Crippen LogP contribution is 2.16. The summed E-state index contributed by atoms with van der Waals surface area (Å²) in [6.45, 7) is 1.51. The zero-order valence-electron chi connectivity index (χ0n) is 13.0. The molecule has 0 saturated carbocycles. The third kappa shape index (κ3) is 6.15. The van der Waals surface area contributed by atoms with Crippen LogP contribution in [-0.2, 0) is 23.9 Å². The van der Waals surface area contributed by atoms with Crippen LogP contribution in [0.3, 0.4) is 0 Å². The summed E-state index contributed by atoms with van der Waals surface area (Å²) < 4.78 is 14.5. The molecule has 1 aromatic rings. The summed E-state index contributed by atoms with van der Waals surface area (Å²) in [5.41, 5.74) is 0. The van der Waals surface area contributed by atoms with E-state index in [4.69, 9.17) is 16.3 Å². The summed E-state index contributed by atoms with van der Waals surface area (Å²) >= 11 is 5.76. The number of methoxy groups -OCH3 is 2. The molecule has 0 spiro atoms. The van der Waals surface area contributed by atoms with Crippen LogP contribution in [0.25, 0.3) is 0 Å². The smallest absolute Gasteiger partial charge is 0.328 e. The van der Waals surface area contributed by atoms with Crippen LogP contribution in [0, 0.1) is 0 Å². The van der Waals surface area contributed by atoms with E-state index in [0.29, 0.717) is 10.8 Å². The lowest BCUT2D eigenvalue weighted by Crippen LogP contribution is -2.47. The molecule has 1 aromatic carbocycles. The number of hydrogen-bond donors (Lipinski definition) is 1. The van der Waals surface area contributed by atoms with Crippen molar-refractivity contribution >= 4 is 29.4 Å². The van der Waals surface area contributed by atoms with Gasteiger partial charge in [-0.1, -0.05) is 11.6 Å². The Morgan fingerprint density at radius 2 is 1.74 bits per heavy atom. The molecule has 8 heteroatoms. The number of carbonyl (C=O) groups is 3. The summed E-state index contributed by atoms with van der Waals surface area (Å²) in [7, 11) is 2.34. The fourth-order valence-corrected chi connectivity index (χ4v) is 1.77. The summed E-state index contributed by atoms with van der Waals surface area (Å²) in [4.78, 5) is 35.0. The molecular weight excluding hydrogens is 326 g/mol. The first-order chi connectivity index (χ1) is 10.9. The Balaban J connectivity index is 2.67. The minimum atomic E-state index is -1.14.